The van der Waals surface area contributed by atoms with Crippen LogP contribution in [-0.2, 0) is 11.2 Å². The van der Waals surface area contributed by atoms with Gasteiger partial charge in [-0.1, -0.05) is 12.1 Å². The highest BCUT2D eigenvalue weighted by Gasteiger charge is 2.09. The molecule has 1 heterocycles. The second kappa shape index (κ2) is 6.56. The third-order valence-electron chi connectivity index (χ3n) is 2.69. The standard InChI is InChI=1S/C14H16N4O3/c1-20-12-8-13(21-2)18-14(17-12)16-11(19)7-9-3-5-10(15)6-4-9/h3-6,8H,7,15H2,1-2H3,(H,16,17,18,19). The molecule has 2 aromatic rings. The van der Waals surface area contributed by atoms with Gasteiger partial charge in [-0.25, -0.2) is 0 Å². The molecule has 0 spiro atoms. The molecule has 1 amide bonds. The number of aromatic nitrogens is 2. The van der Waals surface area contributed by atoms with Gasteiger partial charge in [0.1, 0.15) is 0 Å². The molecule has 0 aliphatic rings. The lowest BCUT2D eigenvalue weighted by atomic mass is 10.1. The molecule has 0 saturated heterocycles. The van der Waals surface area contributed by atoms with Crippen LogP contribution in [0.15, 0.2) is 30.3 Å². The Labute approximate surface area is 122 Å². The molecule has 0 bridgehead atoms. The molecular weight excluding hydrogens is 272 g/mol. The maximum absolute atomic E-state index is 12.0. The molecule has 1 aromatic carbocycles. The number of ether oxygens (including phenoxy) is 2. The second-order valence-electron chi connectivity index (χ2n) is 4.24. The van der Waals surface area contributed by atoms with E-state index in [1.165, 1.54) is 20.3 Å². The number of nitrogens with zero attached hydrogens (tertiary/aromatic N) is 2. The van der Waals surface area contributed by atoms with Crippen molar-refractivity contribution < 1.29 is 14.3 Å². The van der Waals surface area contributed by atoms with Gasteiger partial charge in [0.05, 0.1) is 26.7 Å². The van der Waals surface area contributed by atoms with Crippen molar-refractivity contribution in [1.29, 1.82) is 0 Å². The fourth-order valence-electron chi connectivity index (χ4n) is 1.66. The Morgan fingerprint density at radius 1 is 1.14 bits per heavy atom. The van der Waals surface area contributed by atoms with Crippen LogP contribution in [0.3, 0.4) is 0 Å². The van der Waals surface area contributed by atoms with Crippen molar-refractivity contribution in [1.82, 2.24) is 9.97 Å². The summed E-state index contributed by atoms with van der Waals surface area (Å²) in [4.78, 5) is 20.0. The SMILES string of the molecule is COc1cc(OC)nc(NC(=O)Cc2ccc(N)cc2)n1. The van der Waals surface area contributed by atoms with Crippen LogP contribution in [0.5, 0.6) is 11.8 Å². The zero-order chi connectivity index (χ0) is 15.2. The van der Waals surface area contributed by atoms with Crippen LogP contribution in [0.2, 0.25) is 0 Å². The van der Waals surface area contributed by atoms with Crippen molar-refractivity contribution in [3.05, 3.63) is 35.9 Å². The smallest absolute Gasteiger partial charge is 0.236 e. The molecule has 21 heavy (non-hydrogen) atoms. The molecule has 2 rings (SSSR count). The number of rotatable bonds is 5. The fourth-order valence-corrected chi connectivity index (χ4v) is 1.66. The zero-order valence-electron chi connectivity index (χ0n) is 11.8. The quantitative estimate of drug-likeness (QED) is 0.803. The number of amides is 1. The molecule has 7 heteroatoms. The molecule has 110 valence electrons. The average Bonchev–Trinajstić information content (AvgIpc) is 2.49. The highest BCUT2D eigenvalue weighted by Crippen LogP contribution is 2.17. The Morgan fingerprint density at radius 2 is 1.71 bits per heavy atom. The predicted octanol–water partition coefficient (Wildman–Crippen LogP) is 1.26. The highest BCUT2D eigenvalue weighted by atomic mass is 16.5. The van der Waals surface area contributed by atoms with Gasteiger partial charge in [-0.3, -0.25) is 10.1 Å². The van der Waals surface area contributed by atoms with Crippen molar-refractivity contribution in [3.63, 3.8) is 0 Å². The summed E-state index contributed by atoms with van der Waals surface area (Å²) >= 11 is 0. The molecule has 0 saturated carbocycles. The van der Waals surface area contributed by atoms with Crippen molar-refractivity contribution >= 4 is 17.5 Å². The fraction of sp³-hybridized carbons (Fsp3) is 0.214. The normalized spacial score (nSPS) is 10.0. The first-order chi connectivity index (χ1) is 10.1. The molecule has 7 nitrogen and oxygen atoms in total. The lowest BCUT2D eigenvalue weighted by Crippen LogP contribution is -2.16. The molecular formula is C14H16N4O3. The summed E-state index contributed by atoms with van der Waals surface area (Å²) in [5.74, 6) is 0.510. The zero-order valence-corrected chi connectivity index (χ0v) is 11.8. The molecule has 3 N–H and O–H groups in total. The van der Waals surface area contributed by atoms with E-state index in [2.05, 4.69) is 15.3 Å². The minimum Gasteiger partial charge on any atom is -0.481 e. The van der Waals surface area contributed by atoms with Crippen molar-refractivity contribution in [2.75, 3.05) is 25.3 Å². The maximum Gasteiger partial charge on any atom is 0.236 e. The van der Waals surface area contributed by atoms with E-state index in [1.807, 2.05) is 0 Å². The van der Waals surface area contributed by atoms with Gasteiger partial charge < -0.3 is 15.2 Å². The minimum atomic E-state index is -0.241. The monoisotopic (exact) mass is 288 g/mol. The summed E-state index contributed by atoms with van der Waals surface area (Å²) in [5.41, 5.74) is 7.09. The van der Waals surface area contributed by atoms with Crippen LogP contribution >= 0.6 is 0 Å². The van der Waals surface area contributed by atoms with E-state index in [9.17, 15) is 4.79 Å². The van der Waals surface area contributed by atoms with Gasteiger partial charge in [-0.15, -0.1) is 0 Å². The number of hydrogen-bond donors (Lipinski definition) is 2. The first kappa shape index (κ1) is 14.6. The lowest BCUT2D eigenvalue weighted by molar-refractivity contribution is -0.115. The van der Waals surface area contributed by atoms with Crippen molar-refractivity contribution in [2.45, 2.75) is 6.42 Å². The van der Waals surface area contributed by atoms with E-state index < -0.39 is 0 Å². The van der Waals surface area contributed by atoms with Crippen LogP contribution in [0.4, 0.5) is 11.6 Å². The van der Waals surface area contributed by atoms with Gasteiger partial charge in [0, 0.05) is 5.69 Å². The molecule has 0 radical (unpaired) electrons. The van der Waals surface area contributed by atoms with Crippen LogP contribution in [0.25, 0.3) is 0 Å². The van der Waals surface area contributed by atoms with Gasteiger partial charge in [0.15, 0.2) is 0 Å². The third kappa shape index (κ3) is 4.07. The van der Waals surface area contributed by atoms with Crippen molar-refractivity contribution in [2.24, 2.45) is 0 Å². The van der Waals surface area contributed by atoms with Gasteiger partial charge in [-0.2, -0.15) is 9.97 Å². The van der Waals surface area contributed by atoms with E-state index in [-0.39, 0.29) is 18.3 Å². The number of nitrogen functional groups attached to an aromatic ring is 1. The Hall–Kier alpha value is -2.83. The van der Waals surface area contributed by atoms with Gasteiger partial charge in [0.25, 0.3) is 0 Å². The molecule has 0 aliphatic carbocycles. The minimum absolute atomic E-state index is 0.131. The maximum atomic E-state index is 12.0. The van der Waals surface area contributed by atoms with E-state index in [4.69, 9.17) is 15.2 Å². The Bertz CT molecular complexity index is 606. The van der Waals surface area contributed by atoms with Gasteiger partial charge in [-0.05, 0) is 17.7 Å². The first-order valence-corrected chi connectivity index (χ1v) is 6.22. The Morgan fingerprint density at radius 3 is 2.24 bits per heavy atom. The Balaban J connectivity index is 2.06. The summed E-state index contributed by atoms with van der Waals surface area (Å²) in [6.45, 7) is 0. The molecule has 0 fully saturated rings. The molecule has 1 aromatic heterocycles. The van der Waals surface area contributed by atoms with Crippen LogP contribution in [0, 0.1) is 0 Å². The largest absolute Gasteiger partial charge is 0.481 e. The summed E-state index contributed by atoms with van der Waals surface area (Å²) < 4.78 is 10.0. The van der Waals surface area contributed by atoms with Gasteiger partial charge >= 0.3 is 0 Å². The lowest BCUT2D eigenvalue weighted by Gasteiger charge is -2.07. The van der Waals surface area contributed by atoms with E-state index in [0.717, 1.165) is 5.56 Å². The summed E-state index contributed by atoms with van der Waals surface area (Å²) in [7, 11) is 2.95. The van der Waals surface area contributed by atoms with E-state index in [1.54, 1.807) is 24.3 Å². The van der Waals surface area contributed by atoms with Crippen LogP contribution in [0.1, 0.15) is 5.56 Å². The number of carbonyl (C=O) groups is 1. The second-order valence-corrected chi connectivity index (χ2v) is 4.24. The van der Waals surface area contributed by atoms with Crippen LogP contribution in [-0.4, -0.2) is 30.1 Å². The number of anilines is 2. The predicted molar refractivity (Wildman–Crippen MR) is 78.3 cm³/mol. The average molecular weight is 288 g/mol. The molecule has 0 aliphatic heterocycles. The number of hydrogen-bond acceptors (Lipinski definition) is 6. The van der Waals surface area contributed by atoms with E-state index >= 15 is 0 Å². The third-order valence-corrected chi connectivity index (χ3v) is 2.69. The van der Waals surface area contributed by atoms with Crippen LogP contribution < -0.4 is 20.5 Å². The molecule has 0 unspecified atom stereocenters. The number of benzene rings is 1. The Kier molecular flexibility index (Phi) is 4.55. The number of methoxy groups -OCH3 is 2. The highest BCUT2D eigenvalue weighted by molar-refractivity contribution is 5.90. The van der Waals surface area contributed by atoms with E-state index in [0.29, 0.717) is 17.4 Å². The number of carbonyl (C=O) groups excluding carboxylic acids is 1. The summed E-state index contributed by atoms with van der Waals surface area (Å²) in [6.07, 6.45) is 0.198. The molecule has 0 atom stereocenters. The topological polar surface area (TPSA) is 99.4 Å². The number of nitrogens with two attached hydrogens (primary N) is 1. The van der Waals surface area contributed by atoms with Gasteiger partial charge in [0.2, 0.25) is 23.6 Å². The van der Waals surface area contributed by atoms with Crippen molar-refractivity contribution in [3.8, 4) is 11.8 Å². The summed E-state index contributed by atoms with van der Waals surface area (Å²) in [6, 6.07) is 8.60. The first-order valence-electron chi connectivity index (χ1n) is 6.22. The summed E-state index contributed by atoms with van der Waals surface area (Å²) in [5, 5.41) is 2.60. The number of nitrogens with one attached hydrogen (secondary N) is 1.